The van der Waals surface area contributed by atoms with Crippen LogP contribution in [-0.4, -0.2) is 8.42 Å². The number of benzene rings is 2. The van der Waals surface area contributed by atoms with Gasteiger partial charge in [-0.1, -0.05) is 29.3 Å². The van der Waals surface area contributed by atoms with Gasteiger partial charge >= 0.3 is 0 Å². The van der Waals surface area contributed by atoms with Gasteiger partial charge in [0.2, 0.25) is 10.0 Å². The molecule has 7 heteroatoms. The molecular formula is C15H12Cl2N2O2S. The van der Waals surface area contributed by atoms with Crippen molar-refractivity contribution in [2.24, 2.45) is 0 Å². The Bertz CT molecular complexity index is 828. The Morgan fingerprint density at radius 1 is 1.14 bits per heavy atom. The first kappa shape index (κ1) is 16.8. The van der Waals surface area contributed by atoms with Gasteiger partial charge in [0, 0.05) is 16.1 Å². The van der Waals surface area contributed by atoms with Crippen molar-refractivity contribution in [2.45, 2.75) is 17.9 Å². The Labute approximate surface area is 139 Å². The average molecular weight is 355 g/mol. The Morgan fingerprint density at radius 2 is 1.77 bits per heavy atom. The minimum absolute atomic E-state index is 0.0865. The molecule has 0 aliphatic carbocycles. The molecule has 0 heterocycles. The smallest absolute Gasteiger partial charge is 0.207 e. The Hall–Kier alpha value is -1.58. The average Bonchev–Trinajstić information content (AvgIpc) is 2.46. The molecule has 2 aromatic rings. The molecule has 2 aromatic carbocycles. The lowest BCUT2D eigenvalue weighted by atomic mass is 10.1. The predicted molar refractivity (Wildman–Crippen MR) is 86.4 cm³/mol. The maximum atomic E-state index is 12.3. The third-order valence-electron chi connectivity index (χ3n) is 3.05. The molecule has 0 fully saturated rings. The van der Waals surface area contributed by atoms with E-state index < -0.39 is 16.1 Å². The van der Waals surface area contributed by atoms with Crippen LogP contribution >= 0.6 is 23.2 Å². The normalized spacial score (nSPS) is 12.6. The van der Waals surface area contributed by atoms with Crippen LogP contribution in [0.3, 0.4) is 0 Å². The summed E-state index contributed by atoms with van der Waals surface area (Å²) in [5, 5.41) is 9.61. The highest BCUT2D eigenvalue weighted by Crippen LogP contribution is 2.27. The first-order valence-electron chi connectivity index (χ1n) is 6.31. The Morgan fingerprint density at radius 3 is 2.32 bits per heavy atom. The fourth-order valence-electron chi connectivity index (χ4n) is 1.93. The van der Waals surface area contributed by atoms with Crippen molar-refractivity contribution >= 4 is 33.2 Å². The molecule has 0 aromatic heterocycles. The second-order valence-electron chi connectivity index (χ2n) is 4.64. The van der Waals surface area contributed by atoms with Crippen LogP contribution in [0.1, 0.15) is 24.1 Å². The van der Waals surface area contributed by atoms with Crippen molar-refractivity contribution in [1.82, 2.24) is 4.72 Å². The zero-order valence-electron chi connectivity index (χ0n) is 11.5. The van der Waals surface area contributed by atoms with Gasteiger partial charge in [-0.15, -0.1) is 0 Å². The monoisotopic (exact) mass is 354 g/mol. The summed E-state index contributed by atoms with van der Waals surface area (Å²) < 4.78 is 27.2. The van der Waals surface area contributed by atoms with E-state index in [1.54, 1.807) is 25.1 Å². The number of rotatable bonds is 4. The van der Waals surface area contributed by atoms with Crippen LogP contribution in [-0.2, 0) is 10.0 Å². The summed E-state index contributed by atoms with van der Waals surface area (Å²) in [5.41, 5.74) is 1.02. The lowest BCUT2D eigenvalue weighted by Crippen LogP contribution is -2.27. The highest BCUT2D eigenvalue weighted by Gasteiger charge is 2.19. The van der Waals surface area contributed by atoms with Gasteiger partial charge in [-0.3, -0.25) is 0 Å². The lowest BCUT2D eigenvalue weighted by molar-refractivity contribution is 0.567. The fourth-order valence-corrected chi connectivity index (χ4v) is 3.72. The van der Waals surface area contributed by atoms with Crippen LogP contribution < -0.4 is 4.72 Å². The van der Waals surface area contributed by atoms with E-state index in [1.165, 1.54) is 24.3 Å². The van der Waals surface area contributed by atoms with Gasteiger partial charge in [-0.05, 0) is 48.9 Å². The van der Waals surface area contributed by atoms with Crippen LogP contribution in [0.5, 0.6) is 0 Å². The second kappa shape index (κ2) is 6.67. The molecule has 0 unspecified atom stereocenters. The summed E-state index contributed by atoms with van der Waals surface area (Å²) in [6, 6.07) is 12.0. The largest absolute Gasteiger partial charge is 0.241 e. The van der Waals surface area contributed by atoms with E-state index in [0.717, 1.165) is 0 Å². The second-order valence-corrected chi connectivity index (χ2v) is 7.20. The van der Waals surface area contributed by atoms with Gasteiger partial charge in [0.15, 0.2) is 0 Å². The lowest BCUT2D eigenvalue weighted by Gasteiger charge is -2.16. The molecule has 0 saturated heterocycles. The molecule has 2 rings (SSSR count). The van der Waals surface area contributed by atoms with E-state index >= 15 is 0 Å². The van der Waals surface area contributed by atoms with Crippen LogP contribution in [0.25, 0.3) is 0 Å². The summed E-state index contributed by atoms with van der Waals surface area (Å²) in [6.07, 6.45) is 0. The molecule has 0 radical (unpaired) electrons. The van der Waals surface area contributed by atoms with Crippen molar-refractivity contribution in [3.63, 3.8) is 0 Å². The van der Waals surface area contributed by atoms with Gasteiger partial charge < -0.3 is 0 Å². The van der Waals surface area contributed by atoms with Gasteiger partial charge in [-0.2, -0.15) is 5.26 Å². The topological polar surface area (TPSA) is 70.0 Å². The maximum absolute atomic E-state index is 12.3. The number of halogens is 2. The van der Waals surface area contributed by atoms with Gasteiger partial charge in [0.25, 0.3) is 0 Å². The zero-order chi connectivity index (χ0) is 16.3. The Balaban J connectivity index is 2.25. The molecule has 0 bridgehead atoms. The molecule has 4 nitrogen and oxygen atoms in total. The third kappa shape index (κ3) is 3.79. The summed E-state index contributed by atoms with van der Waals surface area (Å²) in [6.45, 7) is 1.69. The number of hydrogen-bond acceptors (Lipinski definition) is 3. The van der Waals surface area contributed by atoms with Crippen LogP contribution in [0, 0.1) is 11.3 Å². The number of sulfonamides is 1. The summed E-state index contributed by atoms with van der Waals surface area (Å²) in [5.74, 6) is 0. The molecule has 1 atom stereocenters. The van der Waals surface area contributed by atoms with Crippen molar-refractivity contribution in [1.29, 1.82) is 5.26 Å². The zero-order valence-corrected chi connectivity index (χ0v) is 13.9. The molecule has 22 heavy (non-hydrogen) atoms. The molecule has 1 N–H and O–H groups in total. The van der Waals surface area contributed by atoms with Crippen molar-refractivity contribution in [3.05, 3.63) is 63.6 Å². The van der Waals surface area contributed by atoms with E-state index in [-0.39, 0.29) is 4.90 Å². The van der Waals surface area contributed by atoms with Gasteiger partial charge in [-0.25, -0.2) is 13.1 Å². The minimum Gasteiger partial charge on any atom is -0.207 e. The quantitative estimate of drug-likeness (QED) is 0.904. The summed E-state index contributed by atoms with van der Waals surface area (Å²) in [4.78, 5) is 0.0865. The summed E-state index contributed by atoms with van der Waals surface area (Å²) in [7, 11) is -3.71. The SMILES string of the molecule is C[C@@H](NS(=O)(=O)c1ccc(C#N)cc1)c1ccc(Cl)cc1Cl. The van der Waals surface area contributed by atoms with Crippen LogP contribution in [0.4, 0.5) is 0 Å². The summed E-state index contributed by atoms with van der Waals surface area (Å²) >= 11 is 11.9. The van der Waals surface area contributed by atoms with Crippen molar-refractivity contribution < 1.29 is 8.42 Å². The molecule has 0 aliphatic rings. The Kier molecular flexibility index (Phi) is 5.09. The van der Waals surface area contributed by atoms with E-state index in [1.807, 2.05) is 6.07 Å². The fraction of sp³-hybridized carbons (Fsp3) is 0.133. The highest BCUT2D eigenvalue weighted by atomic mass is 35.5. The van der Waals surface area contributed by atoms with Crippen LogP contribution in [0.2, 0.25) is 10.0 Å². The van der Waals surface area contributed by atoms with E-state index in [4.69, 9.17) is 28.5 Å². The van der Waals surface area contributed by atoms with Crippen LogP contribution in [0.15, 0.2) is 47.4 Å². The standard InChI is InChI=1S/C15H12Cl2N2O2S/c1-10(14-7-4-12(16)8-15(14)17)19-22(20,21)13-5-2-11(9-18)3-6-13/h2-8,10,19H,1H3/t10-/m1/s1. The van der Waals surface area contributed by atoms with Crippen molar-refractivity contribution in [3.8, 4) is 6.07 Å². The predicted octanol–water partition coefficient (Wildman–Crippen LogP) is 3.90. The van der Waals surface area contributed by atoms with Gasteiger partial charge in [0.05, 0.1) is 16.5 Å². The number of nitrogens with one attached hydrogen (secondary N) is 1. The van der Waals surface area contributed by atoms with E-state index in [9.17, 15) is 8.42 Å². The number of nitriles is 1. The first-order chi connectivity index (χ1) is 10.3. The van der Waals surface area contributed by atoms with E-state index in [0.29, 0.717) is 21.2 Å². The van der Waals surface area contributed by atoms with E-state index in [2.05, 4.69) is 4.72 Å². The van der Waals surface area contributed by atoms with Crippen molar-refractivity contribution in [2.75, 3.05) is 0 Å². The molecule has 0 saturated carbocycles. The molecular weight excluding hydrogens is 343 g/mol. The number of nitrogens with zero attached hydrogens (tertiary/aromatic N) is 1. The number of hydrogen-bond donors (Lipinski definition) is 1. The first-order valence-corrected chi connectivity index (χ1v) is 8.55. The molecule has 0 spiro atoms. The highest BCUT2D eigenvalue weighted by molar-refractivity contribution is 7.89. The maximum Gasteiger partial charge on any atom is 0.241 e. The molecule has 0 aliphatic heterocycles. The van der Waals surface area contributed by atoms with Gasteiger partial charge in [0.1, 0.15) is 0 Å². The molecule has 114 valence electrons. The minimum atomic E-state index is -3.71. The molecule has 0 amide bonds. The third-order valence-corrected chi connectivity index (χ3v) is 5.17.